The third-order valence-corrected chi connectivity index (χ3v) is 15.2. The molecule has 0 bridgehead atoms. The maximum Gasteiger partial charge on any atom is 0.0795 e. The number of aryl methyl sites for hydroxylation is 1. The maximum atomic E-state index is 5.39. The zero-order chi connectivity index (χ0) is 43.8. The Bertz CT molecular complexity index is 3170. The summed E-state index contributed by atoms with van der Waals surface area (Å²) in [5.41, 5.74) is 15.3. The van der Waals surface area contributed by atoms with Gasteiger partial charge < -0.3 is 9.55 Å². The molecule has 0 unspecified atom stereocenters. The van der Waals surface area contributed by atoms with Gasteiger partial charge in [-0.15, -0.1) is 53.6 Å². The Morgan fingerprint density at radius 3 is 1.89 bits per heavy atom. The number of thiophene rings is 1. The number of imidazole rings is 1. The first-order valence-electron chi connectivity index (χ1n) is 22.0. The monoisotopic (exact) mass is 1040 g/mol. The number of nitrogens with zero attached hydrogens (tertiary/aromatic N) is 3. The second-order valence-electron chi connectivity index (χ2n) is 18.1. The zero-order valence-corrected chi connectivity index (χ0v) is 42.0. The molecule has 0 saturated carbocycles. The first kappa shape index (κ1) is 44.8. The predicted octanol–water partition coefficient (Wildman–Crippen LogP) is 15.8. The van der Waals surface area contributed by atoms with Crippen LogP contribution in [0.25, 0.3) is 81.8 Å². The van der Waals surface area contributed by atoms with Crippen LogP contribution in [0.3, 0.4) is 0 Å². The minimum Gasteiger partial charge on any atom is -0.333 e. The Morgan fingerprint density at radius 1 is 0.641 bits per heavy atom. The predicted molar refractivity (Wildman–Crippen MR) is 274 cm³/mol. The number of fused-ring (bicyclic) bond motifs is 4. The average Bonchev–Trinajstić information content (AvgIpc) is 3.89. The molecule has 0 amide bonds. The molecule has 0 saturated heterocycles. The Labute approximate surface area is 397 Å². The van der Waals surface area contributed by atoms with Crippen LogP contribution in [0, 0.1) is 19.1 Å². The van der Waals surface area contributed by atoms with Crippen molar-refractivity contribution in [2.75, 3.05) is 0 Å². The van der Waals surface area contributed by atoms with E-state index in [0.717, 1.165) is 33.7 Å². The van der Waals surface area contributed by atoms with Crippen LogP contribution in [0.4, 0.5) is 0 Å². The van der Waals surface area contributed by atoms with Crippen LogP contribution < -0.4 is 5.19 Å². The van der Waals surface area contributed by atoms with Crippen LogP contribution in [0.5, 0.6) is 0 Å². The van der Waals surface area contributed by atoms with Gasteiger partial charge >= 0.3 is 0 Å². The van der Waals surface area contributed by atoms with Gasteiger partial charge in [0.15, 0.2) is 0 Å². The molecule has 0 aliphatic carbocycles. The van der Waals surface area contributed by atoms with Gasteiger partial charge in [-0.3, -0.25) is 4.98 Å². The third kappa shape index (κ3) is 8.85. The molecule has 0 fully saturated rings. The molecule has 3 nitrogen and oxygen atoms in total. The smallest absolute Gasteiger partial charge is 0.0795 e. The molecular weight excluding hydrogens is 991 g/mol. The number of para-hydroxylation sites is 2. The van der Waals surface area contributed by atoms with Gasteiger partial charge in [0.25, 0.3) is 0 Å². The van der Waals surface area contributed by atoms with E-state index in [1.165, 1.54) is 70.0 Å². The van der Waals surface area contributed by atoms with E-state index in [0.29, 0.717) is 11.8 Å². The SMILES string of the molecule is C[Si](C)(C)c1ccc(-c2[c-]cccc2)nc1.Cc1c[c-]c(-c2nc3ccccc3n2-c2c(C(C)C)cc(-c3ccccc3)cc2C(C)C)c2sc3cc(-c4ccccc4)ccc3c12.[Ir]. The fourth-order valence-corrected chi connectivity index (χ4v) is 10.9. The number of aromatic nitrogens is 3. The molecule has 3 heterocycles. The molecule has 0 aliphatic heterocycles. The summed E-state index contributed by atoms with van der Waals surface area (Å²) in [6.07, 6.45) is 2.02. The molecule has 0 N–H and O–H groups in total. The fraction of sp³-hybridized carbons (Fsp3) is 0.172. The van der Waals surface area contributed by atoms with Crippen molar-refractivity contribution in [3.63, 3.8) is 0 Å². The number of pyridine rings is 1. The summed E-state index contributed by atoms with van der Waals surface area (Å²) in [5.74, 6) is 1.56. The second-order valence-corrected chi connectivity index (χ2v) is 24.3. The van der Waals surface area contributed by atoms with E-state index in [-0.39, 0.29) is 20.1 Å². The van der Waals surface area contributed by atoms with Crippen molar-refractivity contribution < 1.29 is 20.1 Å². The van der Waals surface area contributed by atoms with E-state index >= 15 is 0 Å². The summed E-state index contributed by atoms with van der Waals surface area (Å²) in [5, 5.41) is 3.98. The number of rotatable bonds is 8. The topological polar surface area (TPSA) is 30.7 Å². The fourth-order valence-electron chi connectivity index (χ4n) is 8.54. The molecule has 3 aromatic heterocycles. The molecule has 0 spiro atoms. The van der Waals surface area contributed by atoms with E-state index < -0.39 is 8.07 Å². The minimum absolute atomic E-state index is 0. The van der Waals surface area contributed by atoms with Gasteiger partial charge in [0.05, 0.1) is 24.9 Å². The molecule has 64 heavy (non-hydrogen) atoms. The first-order valence-corrected chi connectivity index (χ1v) is 26.4. The van der Waals surface area contributed by atoms with Gasteiger partial charge in [0.2, 0.25) is 0 Å². The number of benzene rings is 7. The molecule has 321 valence electrons. The second kappa shape index (κ2) is 18.8. The van der Waals surface area contributed by atoms with Crippen molar-refractivity contribution in [1.82, 2.24) is 14.5 Å². The normalized spacial score (nSPS) is 11.6. The van der Waals surface area contributed by atoms with Gasteiger partial charge in [0.1, 0.15) is 0 Å². The van der Waals surface area contributed by atoms with Crippen LogP contribution in [-0.4, -0.2) is 22.6 Å². The zero-order valence-electron chi connectivity index (χ0n) is 37.8. The molecule has 1 radical (unpaired) electrons. The summed E-state index contributed by atoms with van der Waals surface area (Å²) in [6.45, 7) is 18.4. The molecule has 7 aromatic carbocycles. The largest absolute Gasteiger partial charge is 0.333 e. The summed E-state index contributed by atoms with van der Waals surface area (Å²) in [4.78, 5) is 9.91. The van der Waals surface area contributed by atoms with Crippen molar-refractivity contribution in [3.05, 3.63) is 193 Å². The Kier molecular flexibility index (Phi) is 13.1. The van der Waals surface area contributed by atoms with Crippen molar-refractivity contribution in [2.45, 2.75) is 66.1 Å². The summed E-state index contributed by atoms with van der Waals surface area (Å²) >= 11 is 1.86. The Hall–Kier alpha value is -5.75. The molecular formula is C58H53IrN3SSi-2. The Morgan fingerprint density at radius 2 is 1.28 bits per heavy atom. The molecule has 0 atom stereocenters. The number of hydrogen-bond donors (Lipinski definition) is 0. The van der Waals surface area contributed by atoms with Crippen LogP contribution in [-0.2, 0) is 20.1 Å². The summed E-state index contributed by atoms with van der Waals surface area (Å²) in [7, 11) is -1.23. The van der Waals surface area contributed by atoms with Gasteiger partial charge in [-0.25, -0.2) is 0 Å². The van der Waals surface area contributed by atoms with Crippen LogP contribution in [0.15, 0.2) is 164 Å². The van der Waals surface area contributed by atoms with Crippen molar-refractivity contribution in [2.24, 2.45) is 0 Å². The van der Waals surface area contributed by atoms with Crippen molar-refractivity contribution >= 4 is 55.8 Å². The van der Waals surface area contributed by atoms with Crippen molar-refractivity contribution in [3.8, 4) is 50.6 Å². The minimum atomic E-state index is -1.23. The Balaban J connectivity index is 0.000000279. The number of hydrogen-bond acceptors (Lipinski definition) is 3. The molecule has 10 aromatic rings. The van der Waals surface area contributed by atoms with Crippen LogP contribution in [0.1, 0.15) is 56.2 Å². The van der Waals surface area contributed by atoms with Crippen molar-refractivity contribution in [1.29, 1.82) is 0 Å². The van der Waals surface area contributed by atoms with Gasteiger partial charge in [-0.1, -0.05) is 162 Å². The van der Waals surface area contributed by atoms with E-state index in [4.69, 9.17) is 4.98 Å². The third-order valence-electron chi connectivity index (χ3n) is 12.0. The van der Waals surface area contributed by atoms with E-state index in [2.05, 4.69) is 209 Å². The molecule has 10 rings (SSSR count). The standard InChI is InChI=1S/C44H37N2S.C14H16NSi.Ir/c1-27(2)36-24-33(31-16-10-7-11-17-31)25-37(28(3)4)42(36)46-39-19-13-12-18-38(39)45-44(46)35-22-20-29(5)41-34-23-21-32(26-40(34)47-43(35)41)30-14-8-6-9-15-30;1-16(2,3)13-9-10-14(15-11-13)12-7-5-4-6-8-12;/h6-21,23-28H,1-5H3;4-7,9-11H,1-3H3;/q2*-1;. The van der Waals surface area contributed by atoms with E-state index in [1.807, 2.05) is 41.8 Å². The van der Waals surface area contributed by atoms with Gasteiger partial charge in [-0.2, -0.15) is 11.3 Å². The van der Waals surface area contributed by atoms with Gasteiger partial charge in [0, 0.05) is 36.7 Å². The summed E-state index contributed by atoms with van der Waals surface area (Å²) in [6, 6.07) is 63.0. The maximum absolute atomic E-state index is 5.39. The summed E-state index contributed by atoms with van der Waals surface area (Å²) < 4.78 is 4.96. The first-order chi connectivity index (χ1) is 30.5. The quantitative estimate of drug-likeness (QED) is 0.112. The molecule has 0 aliphatic rings. The van der Waals surface area contributed by atoms with E-state index in [9.17, 15) is 0 Å². The van der Waals surface area contributed by atoms with Crippen LogP contribution in [0.2, 0.25) is 19.6 Å². The van der Waals surface area contributed by atoms with Crippen LogP contribution >= 0.6 is 11.3 Å². The van der Waals surface area contributed by atoms with E-state index in [1.54, 1.807) is 0 Å². The average molecular weight is 1040 g/mol. The van der Waals surface area contributed by atoms with Gasteiger partial charge in [-0.05, 0) is 96.5 Å². The molecule has 6 heteroatoms.